The van der Waals surface area contributed by atoms with Crippen molar-refractivity contribution in [1.29, 1.82) is 0 Å². The predicted octanol–water partition coefficient (Wildman–Crippen LogP) is 6.79. The van der Waals surface area contributed by atoms with E-state index in [2.05, 4.69) is 37.0 Å². The van der Waals surface area contributed by atoms with E-state index in [0.717, 1.165) is 67.2 Å². The van der Waals surface area contributed by atoms with E-state index in [0.29, 0.717) is 54.5 Å². The van der Waals surface area contributed by atoms with Crippen LogP contribution in [0.15, 0.2) is 85.3 Å². The summed E-state index contributed by atoms with van der Waals surface area (Å²) in [6, 6.07) is 19.0. The normalized spacial score (nSPS) is 20.6. The van der Waals surface area contributed by atoms with Gasteiger partial charge in [-0.3, -0.25) is 29.5 Å². The first-order chi connectivity index (χ1) is 30.4. The summed E-state index contributed by atoms with van der Waals surface area (Å²) < 4.78 is 77.0. The first-order valence-corrected chi connectivity index (χ1v) is 23.1. The average Bonchev–Trinajstić information content (AvgIpc) is 3.94. The number of rotatable bonds is 11. The van der Waals surface area contributed by atoms with Gasteiger partial charge in [0.25, 0.3) is 0 Å². The molecule has 0 aliphatic carbocycles. The molecule has 2 aromatic heterocycles. The lowest BCUT2D eigenvalue weighted by Crippen LogP contribution is -2.49. The third kappa shape index (κ3) is 9.28. The minimum absolute atomic E-state index is 0.0347. The summed E-state index contributed by atoms with van der Waals surface area (Å²) in [6.07, 6.45) is 6.44. The van der Waals surface area contributed by atoms with Crippen LogP contribution in [0.5, 0.6) is 0 Å². The number of alkyl halides is 1. The maximum atomic E-state index is 16.4. The molecule has 18 heteroatoms. The number of piperazine rings is 1. The number of piperidine rings is 2. The van der Waals surface area contributed by atoms with Crippen molar-refractivity contribution >= 4 is 50.7 Å². The summed E-state index contributed by atoms with van der Waals surface area (Å²) in [5, 5.41) is 7.24. The SMILES string of the molecule is O=C1CC[C@H](c2ccc(N3CCC(CN4CCN(c5ccc(-n6cc(-c7cc(Cl)cc(NS(=O)(=O)N8CC[C@@H](F)C8)c7F)c(-c7ccncc7)n6)cc5F)CC4)CC3)cc2)C(=O)N1. The number of carbonyl (C=O) groups is 2. The molecule has 2 amide bonds. The molecule has 4 saturated heterocycles. The van der Waals surface area contributed by atoms with Crippen molar-refractivity contribution < 1.29 is 31.2 Å². The zero-order valence-electron chi connectivity index (χ0n) is 34.4. The van der Waals surface area contributed by atoms with Crippen LogP contribution in [0.2, 0.25) is 5.02 Å². The van der Waals surface area contributed by atoms with Crippen LogP contribution in [0.1, 0.15) is 43.6 Å². The van der Waals surface area contributed by atoms with Gasteiger partial charge in [0.15, 0.2) is 5.82 Å². The second-order valence-corrected chi connectivity index (χ2v) is 18.8. The molecule has 4 aliphatic rings. The molecule has 63 heavy (non-hydrogen) atoms. The summed E-state index contributed by atoms with van der Waals surface area (Å²) >= 11 is 6.44. The van der Waals surface area contributed by atoms with Gasteiger partial charge in [-0.25, -0.2) is 17.9 Å². The third-order valence-electron chi connectivity index (χ3n) is 12.6. The van der Waals surface area contributed by atoms with E-state index in [1.54, 1.807) is 42.9 Å². The molecule has 0 saturated carbocycles. The fourth-order valence-corrected chi connectivity index (χ4v) is 10.6. The van der Waals surface area contributed by atoms with Crippen molar-refractivity contribution in [3.8, 4) is 28.1 Å². The number of benzene rings is 3. The Kier molecular flexibility index (Phi) is 12.2. The zero-order chi connectivity index (χ0) is 43.8. The molecule has 13 nitrogen and oxygen atoms in total. The lowest BCUT2D eigenvalue weighted by molar-refractivity contribution is -0.134. The van der Waals surface area contributed by atoms with Gasteiger partial charge in [0.2, 0.25) is 11.8 Å². The summed E-state index contributed by atoms with van der Waals surface area (Å²) in [5.41, 5.74) is 3.70. The Morgan fingerprint density at radius 1 is 0.810 bits per heavy atom. The maximum absolute atomic E-state index is 16.4. The molecule has 0 bridgehead atoms. The minimum atomic E-state index is -4.28. The van der Waals surface area contributed by atoms with Crippen molar-refractivity contribution in [2.45, 2.75) is 44.2 Å². The highest BCUT2D eigenvalue weighted by Gasteiger charge is 2.33. The summed E-state index contributed by atoms with van der Waals surface area (Å²) in [7, 11) is -4.28. The monoisotopic (exact) mass is 901 g/mol. The summed E-state index contributed by atoms with van der Waals surface area (Å²) in [5.74, 6) is -1.50. The molecule has 330 valence electrons. The van der Waals surface area contributed by atoms with E-state index in [1.165, 1.54) is 16.8 Å². The zero-order valence-corrected chi connectivity index (χ0v) is 36.0. The Labute approximate surface area is 369 Å². The number of amides is 2. The van der Waals surface area contributed by atoms with Gasteiger partial charge in [-0.2, -0.15) is 17.8 Å². The Morgan fingerprint density at radius 3 is 2.22 bits per heavy atom. The van der Waals surface area contributed by atoms with Gasteiger partial charge in [0.05, 0.1) is 23.0 Å². The van der Waals surface area contributed by atoms with Crippen LogP contribution in [-0.2, 0) is 19.8 Å². The first kappa shape index (κ1) is 42.8. The number of nitrogens with zero attached hydrogens (tertiary/aromatic N) is 7. The van der Waals surface area contributed by atoms with Gasteiger partial charge in [-0.05, 0) is 85.7 Å². The van der Waals surface area contributed by atoms with Gasteiger partial charge in [-0.15, -0.1) is 0 Å². The van der Waals surface area contributed by atoms with Crippen molar-refractivity contribution in [3.05, 3.63) is 108 Å². The number of aromatic nitrogens is 3. The highest BCUT2D eigenvalue weighted by molar-refractivity contribution is 7.90. The second kappa shape index (κ2) is 17.9. The highest BCUT2D eigenvalue weighted by Crippen LogP contribution is 2.39. The molecule has 9 rings (SSSR count). The lowest BCUT2D eigenvalue weighted by atomic mass is 9.90. The first-order valence-electron chi connectivity index (χ1n) is 21.3. The molecule has 3 aromatic carbocycles. The summed E-state index contributed by atoms with van der Waals surface area (Å²) in [4.78, 5) is 34.9. The third-order valence-corrected chi connectivity index (χ3v) is 14.3. The maximum Gasteiger partial charge on any atom is 0.301 e. The van der Waals surface area contributed by atoms with Gasteiger partial charge < -0.3 is 9.80 Å². The lowest BCUT2D eigenvalue weighted by Gasteiger charge is -2.40. The molecular weight excluding hydrogens is 855 g/mol. The van der Waals surface area contributed by atoms with E-state index in [-0.39, 0.29) is 53.4 Å². The molecule has 0 spiro atoms. The standard InChI is InChI=1S/C45H47ClF3N9O4S/c46-32-23-37(43(49)40(24-32)53-63(61,62)57-18-13-33(47)27-57)38-28-58(52-44(38)31-9-14-50-15-10-31)35-5-7-41(39(48)25-35)56-21-19-54(20-22-56)26-29-11-16-55(17-12-29)34-3-1-30(2-4-34)36-6-8-42(59)51-45(36)60/h1-5,7,9-10,14-15,23-25,28-29,33,36,53H,6,8,11-13,16-22,26-27H2,(H,51,59,60)/t33-,36-/m1/s1. The number of pyridine rings is 1. The Bertz CT molecular complexity index is 2600. The number of halogens is 4. The molecule has 2 atom stereocenters. The molecule has 0 radical (unpaired) electrons. The summed E-state index contributed by atoms with van der Waals surface area (Å²) in [6.45, 7) is 5.45. The molecular formula is C45H47ClF3N9O4S. The number of hydrogen-bond donors (Lipinski definition) is 2. The van der Waals surface area contributed by atoms with Crippen molar-refractivity contribution in [1.82, 2.24) is 29.3 Å². The average molecular weight is 902 g/mol. The quantitative estimate of drug-likeness (QED) is 0.138. The number of imide groups is 1. The fourth-order valence-electron chi connectivity index (χ4n) is 9.13. The van der Waals surface area contributed by atoms with Crippen LogP contribution in [0.3, 0.4) is 0 Å². The number of nitrogens with one attached hydrogen (secondary N) is 2. The van der Waals surface area contributed by atoms with Crippen LogP contribution in [-0.4, -0.2) is 109 Å². The predicted molar refractivity (Wildman–Crippen MR) is 236 cm³/mol. The Hall–Kier alpha value is -5.49. The Morgan fingerprint density at radius 2 is 1.54 bits per heavy atom. The number of anilines is 3. The van der Waals surface area contributed by atoms with Crippen LogP contribution in [0.4, 0.5) is 30.2 Å². The molecule has 5 aromatic rings. The molecule has 4 aliphatic heterocycles. The number of carbonyl (C=O) groups excluding carboxylic acids is 2. The Balaban J connectivity index is 0.842. The van der Waals surface area contributed by atoms with Crippen LogP contribution < -0.4 is 19.8 Å². The largest absolute Gasteiger partial charge is 0.372 e. The van der Waals surface area contributed by atoms with Crippen molar-refractivity contribution in [3.63, 3.8) is 0 Å². The van der Waals surface area contributed by atoms with Crippen LogP contribution in [0, 0.1) is 17.6 Å². The molecule has 6 heterocycles. The van der Waals surface area contributed by atoms with Crippen LogP contribution >= 0.6 is 11.6 Å². The minimum Gasteiger partial charge on any atom is -0.372 e. The van der Waals surface area contributed by atoms with E-state index < -0.39 is 33.7 Å². The fraction of sp³-hybridized carbons (Fsp3) is 0.378. The van der Waals surface area contributed by atoms with Gasteiger partial charge >= 0.3 is 10.2 Å². The van der Waals surface area contributed by atoms with Crippen LogP contribution in [0.25, 0.3) is 28.1 Å². The molecule has 4 fully saturated rings. The van der Waals surface area contributed by atoms with E-state index in [1.807, 2.05) is 17.0 Å². The van der Waals surface area contributed by atoms with Crippen molar-refractivity contribution in [2.24, 2.45) is 5.92 Å². The van der Waals surface area contributed by atoms with E-state index in [4.69, 9.17) is 16.7 Å². The smallest absolute Gasteiger partial charge is 0.301 e. The van der Waals surface area contributed by atoms with E-state index >= 15 is 8.78 Å². The molecule has 0 unspecified atom stereocenters. The second-order valence-electron chi connectivity index (χ2n) is 16.7. The molecule has 2 N–H and O–H groups in total. The highest BCUT2D eigenvalue weighted by atomic mass is 35.5. The van der Waals surface area contributed by atoms with Gasteiger partial charge in [0, 0.05) is 117 Å². The topological polar surface area (TPSA) is 136 Å². The van der Waals surface area contributed by atoms with Gasteiger partial charge in [-0.1, -0.05) is 23.7 Å². The number of hydrogen-bond acceptors (Lipinski definition) is 9. The van der Waals surface area contributed by atoms with Crippen molar-refractivity contribution in [2.75, 3.05) is 73.4 Å². The van der Waals surface area contributed by atoms with Gasteiger partial charge in [0.1, 0.15) is 17.7 Å². The van der Waals surface area contributed by atoms with E-state index in [9.17, 15) is 22.4 Å².